The van der Waals surface area contributed by atoms with Crippen molar-refractivity contribution in [3.05, 3.63) is 42.4 Å². The van der Waals surface area contributed by atoms with Gasteiger partial charge in [-0.1, -0.05) is 0 Å². The number of hydrogen-bond acceptors (Lipinski definition) is 5. The van der Waals surface area contributed by atoms with E-state index >= 15 is 0 Å². The standard InChI is InChI=1S/C16H19FN4O/c1-12-8-18-5-2-15(12)22-10-13-3-6-21(7-4-13)16-14(17)9-19-11-20-16/h2,5,8-9,11,13H,3-4,6-7,10H2,1H3. The van der Waals surface area contributed by atoms with Gasteiger partial charge >= 0.3 is 0 Å². The average Bonchev–Trinajstić information content (AvgIpc) is 2.55. The van der Waals surface area contributed by atoms with E-state index in [0.29, 0.717) is 18.3 Å². The number of nitrogens with zero attached hydrogens (tertiary/aromatic N) is 4. The maximum atomic E-state index is 13.7. The van der Waals surface area contributed by atoms with Crippen LogP contribution in [0.3, 0.4) is 0 Å². The Balaban J connectivity index is 1.52. The van der Waals surface area contributed by atoms with Crippen LogP contribution in [0.4, 0.5) is 10.2 Å². The molecule has 0 bridgehead atoms. The molecule has 1 aliphatic rings. The summed E-state index contributed by atoms with van der Waals surface area (Å²) in [5.74, 6) is 1.41. The van der Waals surface area contributed by atoms with Gasteiger partial charge in [0.25, 0.3) is 0 Å². The Bertz CT molecular complexity index is 629. The van der Waals surface area contributed by atoms with E-state index in [-0.39, 0.29) is 5.82 Å². The molecule has 116 valence electrons. The van der Waals surface area contributed by atoms with Gasteiger partial charge in [-0.05, 0) is 31.7 Å². The number of hydrogen-bond donors (Lipinski definition) is 0. The first-order valence-corrected chi connectivity index (χ1v) is 7.48. The Morgan fingerprint density at radius 3 is 2.82 bits per heavy atom. The molecule has 0 radical (unpaired) electrons. The first-order chi connectivity index (χ1) is 10.7. The summed E-state index contributed by atoms with van der Waals surface area (Å²) in [4.78, 5) is 13.8. The highest BCUT2D eigenvalue weighted by Gasteiger charge is 2.22. The number of aryl methyl sites for hydroxylation is 1. The van der Waals surface area contributed by atoms with Crippen molar-refractivity contribution in [3.63, 3.8) is 0 Å². The summed E-state index contributed by atoms with van der Waals surface area (Å²) in [6, 6.07) is 1.89. The predicted molar refractivity (Wildman–Crippen MR) is 81.4 cm³/mol. The van der Waals surface area contributed by atoms with E-state index in [0.717, 1.165) is 37.2 Å². The summed E-state index contributed by atoms with van der Waals surface area (Å²) < 4.78 is 19.6. The highest BCUT2D eigenvalue weighted by molar-refractivity contribution is 5.38. The van der Waals surface area contributed by atoms with E-state index in [1.807, 2.05) is 17.9 Å². The Morgan fingerprint density at radius 2 is 2.09 bits per heavy atom. The lowest BCUT2D eigenvalue weighted by atomic mass is 9.98. The van der Waals surface area contributed by atoms with Crippen molar-refractivity contribution in [3.8, 4) is 5.75 Å². The molecule has 1 aliphatic heterocycles. The van der Waals surface area contributed by atoms with E-state index in [2.05, 4.69) is 15.0 Å². The fourth-order valence-electron chi connectivity index (χ4n) is 2.68. The summed E-state index contributed by atoms with van der Waals surface area (Å²) >= 11 is 0. The molecule has 0 atom stereocenters. The molecule has 0 saturated carbocycles. The van der Waals surface area contributed by atoms with Gasteiger partial charge in [0.05, 0.1) is 12.8 Å². The molecule has 0 N–H and O–H groups in total. The number of halogens is 1. The number of ether oxygens (including phenoxy) is 1. The summed E-state index contributed by atoms with van der Waals surface area (Å²) in [6.07, 6.45) is 8.07. The van der Waals surface area contributed by atoms with Gasteiger partial charge in [-0.3, -0.25) is 4.98 Å². The molecule has 3 heterocycles. The number of anilines is 1. The molecular formula is C16H19FN4O. The average molecular weight is 302 g/mol. The van der Waals surface area contributed by atoms with Gasteiger partial charge in [0.15, 0.2) is 11.6 Å². The third kappa shape index (κ3) is 3.32. The third-order valence-corrected chi connectivity index (χ3v) is 4.01. The van der Waals surface area contributed by atoms with Crippen LogP contribution in [0, 0.1) is 18.7 Å². The summed E-state index contributed by atoms with van der Waals surface area (Å²) in [5.41, 5.74) is 1.04. The van der Waals surface area contributed by atoms with Gasteiger partial charge in [-0.2, -0.15) is 0 Å². The third-order valence-electron chi connectivity index (χ3n) is 4.01. The molecule has 1 fully saturated rings. The van der Waals surface area contributed by atoms with Gasteiger partial charge in [-0.15, -0.1) is 0 Å². The number of aromatic nitrogens is 3. The van der Waals surface area contributed by atoms with Crippen LogP contribution in [-0.2, 0) is 0 Å². The monoisotopic (exact) mass is 302 g/mol. The smallest absolute Gasteiger partial charge is 0.183 e. The summed E-state index contributed by atoms with van der Waals surface area (Å²) in [6.45, 7) is 4.25. The fourth-order valence-corrected chi connectivity index (χ4v) is 2.68. The zero-order valence-electron chi connectivity index (χ0n) is 12.6. The van der Waals surface area contributed by atoms with Gasteiger partial charge in [0.2, 0.25) is 0 Å². The van der Waals surface area contributed by atoms with E-state index in [9.17, 15) is 4.39 Å². The zero-order chi connectivity index (χ0) is 15.4. The molecular weight excluding hydrogens is 283 g/mol. The Kier molecular flexibility index (Phi) is 4.46. The zero-order valence-corrected chi connectivity index (χ0v) is 12.6. The first-order valence-electron chi connectivity index (χ1n) is 7.48. The van der Waals surface area contributed by atoms with Crippen molar-refractivity contribution in [2.75, 3.05) is 24.6 Å². The lowest BCUT2D eigenvalue weighted by molar-refractivity contribution is 0.221. The molecule has 0 unspecified atom stereocenters. The Hall–Kier alpha value is -2.24. The maximum Gasteiger partial charge on any atom is 0.183 e. The van der Waals surface area contributed by atoms with Crippen molar-refractivity contribution in [2.24, 2.45) is 5.92 Å². The van der Waals surface area contributed by atoms with E-state index in [4.69, 9.17) is 4.74 Å². The van der Waals surface area contributed by atoms with Gasteiger partial charge in [0.1, 0.15) is 12.1 Å². The lowest BCUT2D eigenvalue weighted by Crippen LogP contribution is -2.36. The Labute approximate surface area is 129 Å². The lowest BCUT2D eigenvalue weighted by Gasteiger charge is -2.32. The molecule has 0 aliphatic carbocycles. The molecule has 2 aromatic heterocycles. The van der Waals surface area contributed by atoms with Crippen LogP contribution < -0.4 is 9.64 Å². The second-order valence-electron chi connectivity index (χ2n) is 5.58. The van der Waals surface area contributed by atoms with E-state index in [1.165, 1.54) is 12.5 Å². The molecule has 0 aromatic carbocycles. The minimum absolute atomic E-state index is 0.357. The highest BCUT2D eigenvalue weighted by Crippen LogP contribution is 2.24. The molecule has 0 amide bonds. The van der Waals surface area contributed by atoms with Crippen LogP contribution in [0.1, 0.15) is 18.4 Å². The molecule has 2 aromatic rings. The molecule has 22 heavy (non-hydrogen) atoms. The van der Waals surface area contributed by atoms with Crippen LogP contribution >= 0.6 is 0 Å². The second-order valence-corrected chi connectivity index (χ2v) is 5.58. The maximum absolute atomic E-state index is 13.7. The van der Waals surface area contributed by atoms with Crippen molar-refractivity contribution < 1.29 is 9.13 Å². The SMILES string of the molecule is Cc1cnccc1OCC1CCN(c2ncncc2F)CC1. The van der Waals surface area contributed by atoms with Gasteiger partial charge in [0, 0.05) is 31.0 Å². The van der Waals surface area contributed by atoms with Crippen LogP contribution in [-0.4, -0.2) is 34.6 Å². The van der Waals surface area contributed by atoms with Crippen LogP contribution in [0.2, 0.25) is 0 Å². The summed E-state index contributed by atoms with van der Waals surface area (Å²) in [7, 11) is 0. The fraction of sp³-hybridized carbons (Fsp3) is 0.438. The second kappa shape index (κ2) is 6.68. The Morgan fingerprint density at radius 1 is 1.27 bits per heavy atom. The predicted octanol–water partition coefficient (Wildman–Crippen LogP) is 2.61. The van der Waals surface area contributed by atoms with Gasteiger partial charge in [-0.25, -0.2) is 14.4 Å². The molecule has 1 saturated heterocycles. The molecule has 3 rings (SSSR count). The number of pyridine rings is 1. The van der Waals surface area contributed by atoms with Crippen molar-refractivity contribution in [1.29, 1.82) is 0 Å². The minimum atomic E-state index is -0.357. The summed E-state index contributed by atoms with van der Waals surface area (Å²) in [5, 5.41) is 0. The number of rotatable bonds is 4. The van der Waals surface area contributed by atoms with Crippen LogP contribution in [0.15, 0.2) is 31.0 Å². The first kappa shape index (κ1) is 14.7. The molecule has 5 nitrogen and oxygen atoms in total. The molecule has 6 heteroatoms. The molecule has 0 spiro atoms. The van der Waals surface area contributed by atoms with Crippen molar-refractivity contribution in [1.82, 2.24) is 15.0 Å². The minimum Gasteiger partial charge on any atom is -0.493 e. The van der Waals surface area contributed by atoms with E-state index in [1.54, 1.807) is 12.4 Å². The quantitative estimate of drug-likeness (QED) is 0.869. The van der Waals surface area contributed by atoms with Crippen molar-refractivity contribution >= 4 is 5.82 Å². The van der Waals surface area contributed by atoms with Crippen LogP contribution in [0.5, 0.6) is 5.75 Å². The normalized spacial score (nSPS) is 15.8. The van der Waals surface area contributed by atoms with Gasteiger partial charge < -0.3 is 9.64 Å². The van der Waals surface area contributed by atoms with E-state index < -0.39 is 0 Å². The highest BCUT2D eigenvalue weighted by atomic mass is 19.1. The van der Waals surface area contributed by atoms with Crippen LogP contribution in [0.25, 0.3) is 0 Å². The number of piperidine rings is 1. The topological polar surface area (TPSA) is 51.1 Å². The van der Waals surface area contributed by atoms with Crippen molar-refractivity contribution in [2.45, 2.75) is 19.8 Å². The largest absolute Gasteiger partial charge is 0.493 e.